The third-order valence-electron chi connectivity index (χ3n) is 2.76. The molecule has 3 aromatic rings. The number of halogens is 4. The largest absolute Gasteiger partial charge is 0.298 e. The van der Waals surface area contributed by atoms with Crippen molar-refractivity contribution in [3.05, 3.63) is 56.0 Å². The number of fused-ring (bicyclic) bond motifs is 1. The summed E-state index contributed by atoms with van der Waals surface area (Å²) in [6, 6.07) is 7.96. The molecule has 1 aromatic heterocycles. The van der Waals surface area contributed by atoms with E-state index >= 15 is 0 Å². The van der Waals surface area contributed by atoms with Crippen LogP contribution in [0.15, 0.2) is 30.3 Å². The Bertz CT molecular complexity index is 874. The van der Waals surface area contributed by atoms with E-state index in [-0.39, 0.29) is 5.91 Å². The van der Waals surface area contributed by atoms with Crippen molar-refractivity contribution < 1.29 is 4.79 Å². The number of aromatic nitrogens is 1. The molecule has 0 saturated heterocycles. The van der Waals surface area contributed by atoms with Crippen molar-refractivity contribution in [1.29, 1.82) is 0 Å². The lowest BCUT2D eigenvalue weighted by Crippen LogP contribution is -2.11. The Hall–Kier alpha value is -1.04. The first kappa shape index (κ1) is 15.8. The molecule has 0 atom stereocenters. The average molecular weight is 392 g/mol. The van der Waals surface area contributed by atoms with E-state index in [0.29, 0.717) is 36.3 Å². The molecule has 0 bridgehead atoms. The minimum atomic E-state index is -0.356. The maximum atomic E-state index is 12.2. The zero-order chi connectivity index (χ0) is 15.9. The lowest BCUT2D eigenvalue weighted by atomic mass is 10.2. The van der Waals surface area contributed by atoms with Gasteiger partial charge in [0.25, 0.3) is 5.91 Å². The van der Waals surface area contributed by atoms with Gasteiger partial charge in [0.2, 0.25) is 0 Å². The number of carbonyl (C=O) groups excluding carboxylic acids is 1. The topological polar surface area (TPSA) is 42.0 Å². The molecule has 8 heteroatoms. The molecule has 1 N–H and O–H groups in total. The molecule has 0 radical (unpaired) electrons. The van der Waals surface area contributed by atoms with Crippen LogP contribution in [-0.2, 0) is 0 Å². The molecule has 0 aliphatic rings. The number of nitrogens with one attached hydrogen (secondary N) is 1. The van der Waals surface area contributed by atoms with Crippen LogP contribution in [0.5, 0.6) is 0 Å². The van der Waals surface area contributed by atoms with Crippen molar-refractivity contribution >= 4 is 79.0 Å². The average Bonchev–Trinajstić information content (AvgIpc) is 2.80. The van der Waals surface area contributed by atoms with E-state index in [9.17, 15) is 4.79 Å². The van der Waals surface area contributed by atoms with E-state index in [1.165, 1.54) is 23.5 Å². The van der Waals surface area contributed by atoms with Gasteiger partial charge in [-0.1, -0.05) is 57.7 Å². The maximum Gasteiger partial charge on any atom is 0.257 e. The van der Waals surface area contributed by atoms with Crippen LogP contribution in [-0.4, -0.2) is 10.9 Å². The molecule has 0 saturated carbocycles. The molecule has 0 unspecified atom stereocenters. The second kappa shape index (κ2) is 6.22. The Morgan fingerprint density at radius 3 is 2.27 bits per heavy atom. The number of rotatable bonds is 2. The number of thiazole rings is 1. The van der Waals surface area contributed by atoms with Crippen LogP contribution in [0.4, 0.5) is 5.13 Å². The monoisotopic (exact) mass is 390 g/mol. The smallest absolute Gasteiger partial charge is 0.257 e. The second-order valence-electron chi connectivity index (χ2n) is 4.37. The van der Waals surface area contributed by atoms with Gasteiger partial charge in [0.15, 0.2) is 5.13 Å². The predicted octanol–water partition coefficient (Wildman–Crippen LogP) is 6.16. The Kier molecular flexibility index (Phi) is 4.48. The maximum absolute atomic E-state index is 12.2. The van der Waals surface area contributed by atoms with Crippen LogP contribution in [0.1, 0.15) is 10.4 Å². The number of amides is 1. The van der Waals surface area contributed by atoms with Gasteiger partial charge in [-0.3, -0.25) is 10.1 Å². The van der Waals surface area contributed by atoms with E-state index in [1.807, 2.05) is 0 Å². The summed E-state index contributed by atoms with van der Waals surface area (Å²) < 4.78 is 0.789. The fourth-order valence-electron chi connectivity index (χ4n) is 1.86. The summed E-state index contributed by atoms with van der Waals surface area (Å²) in [6.45, 7) is 0. The van der Waals surface area contributed by atoms with Crippen molar-refractivity contribution in [3.8, 4) is 0 Å². The lowest BCUT2D eigenvalue weighted by Gasteiger charge is -2.02. The lowest BCUT2D eigenvalue weighted by molar-refractivity contribution is 0.102. The van der Waals surface area contributed by atoms with Crippen LogP contribution in [0.3, 0.4) is 0 Å². The summed E-state index contributed by atoms with van der Waals surface area (Å²) in [5.41, 5.74) is 0.941. The van der Waals surface area contributed by atoms with Gasteiger partial charge in [0, 0.05) is 20.6 Å². The van der Waals surface area contributed by atoms with Crippen LogP contribution in [0.2, 0.25) is 20.1 Å². The highest BCUT2D eigenvalue weighted by Crippen LogP contribution is 2.34. The van der Waals surface area contributed by atoms with Gasteiger partial charge in [-0.05, 0) is 30.3 Å². The number of hydrogen-bond donors (Lipinski definition) is 1. The minimum Gasteiger partial charge on any atom is -0.298 e. The van der Waals surface area contributed by atoms with Gasteiger partial charge in [-0.25, -0.2) is 4.98 Å². The Morgan fingerprint density at radius 1 is 0.955 bits per heavy atom. The molecule has 0 aliphatic heterocycles. The van der Waals surface area contributed by atoms with Crippen molar-refractivity contribution in [2.75, 3.05) is 5.32 Å². The SMILES string of the molecule is O=C(Nc1nc2c(Cl)cc(Cl)cc2s1)c1cc(Cl)cc(Cl)c1. The predicted molar refractivity (Wildman–Crippen MR) is 94.1 cm³/mol. The molecule has 3 nitrogen and oxygen atoms in total. The van der Waals surface area contributed by atoms with E-state index in [2.05, 4.69) is 10.3 Å². The van der Waals surface area contributed by atoms with Crippen molar-refractivity contribution in [2.45, 2.75) is 0 Å². The zero-order valence-electron chi connectivity index (χ0n) is 10.7. The highest BCUT2D eigenvalue weighted by molar-refractivity contribution is 7.22. The van der Waals surface area contributed by atoms with E-state index in [4.69, 9.17) is 46.4 Å². The Morgan fingerprint density at radius 2 is 1.59 bits per heavy atom. The highest BCUT2D eigenvalue weighted by atomic mass is 35.5. The highest BCUT2D eigenvalue weighted by Gasteiger charge is 2.13. The van der Waals surface area contributed by atoms with Crippen LogP contribution < -0.4 is 5.32 Å². The second-order valence-corrected chi connectivity index (χ2v) is 7.11. The standard InChI is InChI=1S/C14H6Cl4N2OS/c15-7-1-6(2-8(16)3-7)13(21)20-14-19-12-10(18)4-9(17)5-11(12)22-14/h1-5H,(H,19,20,21). The molecule has 0 fully saturated rings. The normalized spacial score (nSPS) is 10.9. The molecular weight excluding hydrogens is 386 g/mol. The van der Waals surface area contributed by atoms with Gasteiger partial charge in [-0.2, -0.15) is 0 Å². The molecule has 22 heavy (non-hydrogen) atoms. The summed E-state index contributed by atoms with van der Waals surface area (Å²) in [6.07, 6.45) is 0. The number of nitrogens with zero attached hydrogens (tertiary/aromatic N) is 1. The summed E-state index contributed by atoms with van der Waals surface area (Å²) >= 11 is 25.1. The molecule has 112 valence electrons. The number of anilines is 1. The van der Waals surface area contributed by atoms with Crippen LogP contribution in [0, 0.1) is 0 Å². The summed E-state index contributed by atoms with van der Waals surface area (Å²) in [5, 5.41) is 4.84. The quantitative estimate of drug-likeness (QED) is 0.568. The first-order valence-corrected chi connectivity index (χ1v) is 8.28. The molecule has 1 amide bonds. The van der Waals surface area contributed by atoms with E-state index in [0.717, 1.165) is 4.70 Å². The third-order valence-corrected chi connectivity index (χ3v) is 4.62. The molecule has 0 aliphatic carbocycles. The first-order chi connectivity index (χ1) is 10.4. The van der Waals surface area contributed by atoms with E-state index in [1.54, 1.807) is 18.2 Å². The fourth-order valence-corrected chi connectivity index (χ4v) is 3.97. The fraction of sp³-hybridized carbons (Fsp3) is 0. The van der Waals surface area contributed by atoms with Gasteiger partial charge in [0.1, 0.15) is 5.52 Å². The summed E-state index contributed by atoms with van der Waals surface area (Å²) in [4.78, 5) is 16.5. The molecule has 1 heterocycles. The van der Waals surface area contributed by atoms with Crippen molar-refractivity contribution in [3.63, 3.8) is 0 Å². The summed E-state index contributed by atoms with van der Waals surface area (Å²) in [5.74, 6) is -0.356. The molecule has 2 aromatic carbocycles. The van der Waals surface area contributed by atoms with Crippen molar-refractivity contribution in [1.82, 2.24) is 4.98 Å². The van der Waals surface area contributed by atoms with Gasteiger partial charge < -0.3 is 0 Å². The van der Waals surface area contributed by atoms with Gasteiger partial charge >= 0.3 is 0 Å². The number of benzene rings is 2. The molecule has 3 rings (SSSR count). The number of carbonyl (C=O) groups is 1. The summed E-state index contributed by atoms with van der Waals surface area (Å²) in [7, 11) is 0. The van der Waals surface area contributed by atoms with Crippen LogP contribution >= 0.6 is 57.7 Å². The van der Waals surface area contributed by atoms with Gasteiger partial charge in [0.05, 0.1) is 9.72 Å². The van der Waals surface area contributed by atoms with E-state index < -0.39 is 0 Å². The minimum absolute atomic E-state index is 0.348. The number of hydrogen-bond acceptors (Lipinski definition) is 3. The molecular formula is C14H6Cl4N2OS. The third kappa shape index (κ3) is 3.31. The van der Waals surface area contributed by atoms with Gasteiger partial charge in [-0.15, -0.1) is 0 Å². The van der Waals surface area contributed by atoms with Crippen LogP contribution in [0.25, 0.3) is 10.2 Å². The first-order valence-electron chi connectivity index (χ1n) is 5.95. The Labute approximate surface area is 149 Å². The zero-order valence-corrected chi connectivity index (χ0v) is 14.5. The van der Waals surface area contributed by atoms with Crippen molar-refractivity contribution in [2.24, 2.45) is 0 Å². The molecule has 0 spiro atoms. The Balaban J connectivity index is 1.92.